The minimum absolute atomic E-state index is 0.312. The second kappa shape index (κ2) is 11.3. The summed E-state index contributed by atoms with van der Waals surface area (Å²) < 4.78 is 12.7. The normalized spacial score (nSPS) is 11.5. The number of hydrogen-bond acceptors (Lipinski definition) is 4. The van der Waals surface area contributed by atoms with E-state index in [1.807, 2.05) is 121 Å². The van der Waals surface area contributed by atoms with Crippen LogP contribution in [0.1, 0.15) is 13.8 Å². The van der Waals surface area contributed by atoms with Crippen molar-refractivity contribution in [3.63, 3.8) is 0 Å². The van der Waals surface area contributed by atoms with Gasteiger partial charge in [-0.15, -0.1) is 0 Å². The molecule has 0 aliphatic carbocycles. The molecule has 0 radical (unpaired) electrons. The highest BCUT2D eigenvalue weighted by atomic mass is 28.4. The molecule has 0 N–H and O–H groups in total. The summed E-state index contributed by atoms with van der Waals surface area (Å²) in [5.74, 6) is -0.623. The van der Waals surface area contributed by atoms with Crippen LogP contribution in [0.25, 0.3) is 0 Å². The number of carbonyl (C=O) groups is 2. The van der Waals surface area contributed by atoms with Crippen LogP contribution in [0.5, 0.6) is 0 Å². The van der Waals surface area contributed by atoms with Crippen molar-refractivity contribution < 1.29 is 18.4 Å². The lowest BCUT2D eigenvalue weighted by atomic mass is 10.4. The maximum absolute atomic E-state index is 12.6. The van der Waals surface area contributed by atoms with Crippen LogP contribution in [0.15, 0.2) is 121 Å². The average molecular weight is 511 g/mol. The molecule has 0 atom stereocenters. The van der Waals surface area contributed by atoms with Crippen molar-refractivity contribution in [3.8, 4) is 0 Å². The molecule has 0 fully saturated rings. The first kappa shape index (κ1) is 25.3. The Kier molecular flexibility index (Phi) is 7.98. The van der Waals surface area contributed by atoms with E-state index in [0.29, 0.717) is 12.1 Å². The van der Waals surface area contributed by atoms with Crippen molar-refractivity contribution in [2.45, 2.75) is 25.9 Å². The van der Waals surface area contributed by atoms with Gasteiger partial charge in [0.25, 0.3) is 11.9 Å². The van der Waals surface area contributed by atoms with Crippen molar-refractivity contribution in [2.75, 3.05) is 0 Å². The van der Waals surface area contributed by atoms with Crippen molar-refractivity contribution in [1.29, 1.82) is 0 Å². The average Bonchev–Trinajstić information content (AvgIpc) is 2.92. The molecule has 0 aromatic heterocycles. The van der Waals surface area contributed by atoms with Gasteiger partial charge in [0.1, 0.15) is 0 Å². The Labute approximate surface area is 214 Å². The molecule has 6 heteroatoms. The summed E-state index contributed by atoms with van der Waals surface area (Å²) in [7, 11) is -6.09. The Hall–Kier alpha value is -3.75. The molecule has 0 spiro atoms. The summed E-state index contributed by atoms with van der Waals surface area (Å²) in [5.41, 5.74) is 0. The molecular formula is C30H30O4Si2. The number of rotatable bonds is 9. The Morgan fingerprint density at radius 1 is 0.472 bits per heavy atom. The zero-order valence-corrected chi connectivity index (χ0v) is 22.6. The van der Waals surface area contributed by atoms with Crippen LogP contribution in [-0.4, -0.2) is 28.6 Å². The predicted molar refractivity (Wildman–Crippen MR) is 149 cm³/mol. The molecule has 0 aliphatic rings. The van der Waals surface area contributed by atoms with E-state index in [2.05, 4.69) is 0 Å². The van der Waals surface area contributed by atoms with E-state index >= 15 is 0 Å². The third kappa shape index (κ3) is 5.40. The van der Waals surface area contributed by atoms with Crippen LogP contribution >= 0.6 is 0 Å². The van der Waals surface area contributed by atoms with E-state index in [9.17, 15) is 9.59 Å². The molecule has 0 heterocycles. The summed E-state index contributed by atoms with van der Waals surface area (Å²) in [6, 6.07) is 41.2. The largest absolute Gasteiger partial charge is 0.510 e. The molecule has 0 saturated heterocycles. The van der Waals surface area contributed by atoms with Crippen LogP contribution in [0.2, 0.25) is 12.1 Å². The predicted octanol–water partition coefficient (Wildman–Crippen LogP) is 3.63. The highest BCUT2D eigenvalue weighted by Crippen LogP contribution is 2.24. The van der Waals surface area contributed by atoms with Gasteiger partial charge in [0.15, 0.2) is 0 Å². The van der Waals surface area contributed by atoms with E-state index in [1.54, 1.807) is 0 Å². The smallest absolute Gasteiger partial charge is 0.318 e. The molecule has 4 aromatic rings. The van der Waals surface area contributed by atoms with Crippen molar-refractivity contribution in [1.82, 2.24) is 0 Å². The summed E-state index contributed by atoms with van der Waals surface area (Å²) in [6.45, 7) is 2.94. The molecule has 0 saturated carbocycles. The third-order valence-corrected chi connectivity index (χ3v) is 15.2. The third-order valence-electron chi connectivity index (χ3n) is 6.43. The molecular weight excluding hydrogens is 480 g/mol. The van der Waals surface area contributed by atoms with Gasteiger partial charge in [-0.25, -0.2) is 0 Å². The van der Waals surface area contributed by atoms with E-state index in [4.69, 9.17) is 8.85 Å². The second-order valence-electron chi connectivity index (χ2n) is 8.81. The first-order valence-electron chi connectivity index (χ1n) is 12.1. The van der Waals surface area contributed by atoms with Gasteiger partial charge in [-0.1, -0.05) is 121 Å². The Morgan fingerprint density at radius 3 is 0.889 bits per heavy atom. The maximum Gasteiger partial charge on any atom is 0.318 e. The highest BCUT2D eigenvalue weighted by Gasteiger charge is 2.49. The number of benzene rings is 4. The highest BCUT2D eigenvalue weighted by molar-refractivity contribution is 7.02. The van der Waals surface area contributed by atoms with Crippen LogP contribution in [0.4, 0.5) is 0 Å². The quantitative estimate of drug-likeness (QED) is 0.323. The molecule has 0 unspecified atom stereocenters. The lowest BCUT2D eigenvalue weighted by molar-refractivity contribution is -0.133. The van der Waals surface area contributed by atoms with E-state index < -0.39 is 16.6 Å². The fourth-order valence-electron chi connectivity index (χ4n) is 4.92. The van der Waals surface area contributed by atoms with Crippen LogP contribution in [-0.2, 0) is 18.4 Å². The van der Waals surface area contributed by atoms with E-state index in [1.165, 1.54) is 13.8 Å². The molecule has 0 aliphatic heterocycles. The molecule has 4 rings (SSSR count). The van der Waals surface area contributed by atoms with Crippen molar-refractivity contribution >= 4 is 49.3 Å². The minimum Gasteiger partial charge on any atom is -0.510 e. The van der Waals surface area contributed by atoms with E-state index in [0.717, 1.165) is 20.7 Å². The van der Waals surface area contributed by atoms with Gasteiger partial charge in [-0.2, -0.15) is 0 Å². The summed E-state index contributed by atoms with van der Waals surface area (Å²) >= 11 is 0. The maximum atomic E-state index is 12.6. The van der Waals surface area contributed by atoms with Crippen LogP contribution in [0, 0.1) is 0 Å². The fourth-order valence-corrected chi connectivity index (χ4v) is 14.1. The molecule has 4 nitrogen and oxygen atoms in total. The zero-order valence-electron chi connectivity index (χ0n) is 20.6. The van der Waals surface area contributed by atoms with Crippen molar-refractivity contribution in [3.05, 3.63) is 121 Å². The van der Waals surface area contributed by atoms with Gasteiger partial charge in [-0.05, 0) is 32.8 Å². The first-order valence-corrected chi connectivity index (χ1v) is 16.3. The minimum atomic E-state index is -3.04. The molecule has 36 heavy (non-hydrogen) atoms. The van der Waals surface area contributed by atoms with E-state index in [-0.39, 0.29) is 11.9 Å². The second-order valence-corrected chi connectivity index (χ2v) is 15.8. The van der Waals surface area contributed by atoms with Gasteiger partial charge in [0, 0.05) is 13.8 Å². The fraction of sp³-hybridized carbons (Fsp3) is 0.133. The Balaban J connectivity index is 1.91. The zero-order chi connectivity index (χ0) is 25.4. The number of carbonyl (C=O) groups excluding carboxylic acids is 2. The lowest BCUT2D eigenvalue weighted by Gasteiger charge is -2.36. The lowest BCUT2D eigenvalue weighted by Crippen LogP contribution is -2.66. The summed E-state index contributed by atoms with van der Waals surface area (Å²) in [5, 5.41) is 4.05. The summed E-state index contributed by atoms with van der Waals surface area (Å²) in [4.78, 5) is 25.2. The van der Waals surface area contributed by atoms with Crippen LogP contribution < -0.4 is 20.7 Å². The molecule has 0 bridgehead atoms. The molecule has 0 amide bonds. The Morgan fingerprint density at radius 2 is 0.694 bits per heavy atom. The topological polar surface area (TPSA) is 52.6 Å². The monoisotopic (exact) mass is 510 g/mol. The van der Waals surface area contributed by atoms with Gasteiger partial charge in [0.2, 0.25) is 0 Å². The standard InChI is InChI=1S/C30H30O4Si2/c1-25(31)33-35(27-15-7-3-8-16-27,28-17-9-4-10-18-28)23-24-36(34-26(2)32,29-19-11-5-12-20-29)30-21-13-6-14-22-30/h3-22H,23-24H2,1-2H3. The summed E-state index contributed by atoms with van der Waals surface area (Å²) in [6.07, 6.45) is 0. The molecule has 182 valence electrons. The van der Waals surface area contributed by atoms with Crippen molar-refractivity contribution in [2.24, 2.45) is 0 Å². The van der Waals surface area contributed by atoms with Gasteiger partial charge in [-0.3, -0.25) is 9.59 Å². The first-order chi connectivity index (χ1) is 17.5. The van der Waals surface area contributed by atoms with Crippen LogP contribution in [0.3, 0.4) is 0 Å². The van der Waals surface area contributed by atoms with Gasteiger partial charge in [0.05, 0.1) is 0 Å². The SMILES string of the molecule is CC(=O)O[Si](CC[Si](OC(C)=O)(c1ccccc1)c1ccccc1)(c1ccccc1)c1ccccc1. The van der Waals surface area contributed by atoms with Gasteiger partial charge < -0.3 is 8.85 Å². The van der Waals surface area contributed by atoms with Gasteiger partial charge >= 0.3 is 16.6 Å². The Bertz CT molecular complexity index is 1100. The number of hydrogen-bond donors (Lipinski definition) is 0. The molecule has 4 aromatic carbocycles.